The second-order valence-electron chi connectivity index (χ2n) is 4.05. The molecular weight excluding hydrogens is 346 g/mol. The molecule has 1 aromatic rings. The van der Waals surface area contributed by atoms with E-state index in [0.717, 1.165) is 10.0 Å². The highest BCUT2D eigenvalue weighted by atomic mass is 79.9. The quantitative estimate of drug-likeness (QED) is 0.546. The fourth-order valence-electron chi connectivity index (χ4n) is 1.57. The Morgan fingerprint density at radius 2 is 2.20 bits per heavy atom. The lowest BCUT2D eigenvalue weighted by Gasteiger charge is -2.07. The van der Waals surface area contributed by atoms with E-state index in [0.29, 0.717) is 0 Å². The summed E-state index contributed by atoms with van der Waals surface area (Å²) in [7, 11) is 0. The van der Waals surface area contributed by atoms with E-state index >= 15 is 0 Å². The number of hydrazone groups is 1. The van der Waals surface area contributed by atoms with E-state index < -0.39 is 16.7 Å². The van der Waals surface area contributed by atoms with E-state index in [9.17, 15) is 9.59 Å². The van der Waals surface area contributed by atoms with Crippen LogP contribution in [0.15, 0.2) is 33.8 Å². The average molecular weight is 358 g/mol. The first-order valence-electron chi connectivity index (χ1n) is 5.76. The normalized spacial score (nSPS) is 21.9. The molecule has 0 aromatic heterocycles. The summed E-state index contributed by atoms with van der Waals surface area (Å²) < 4.78 is 0.984. The standard InChI is InChI=1S/C12H12BrN3O3S/c13-8-3-1-7(2-4-8)6-14-16-12-15-11(19)9(20-12)5-10(17)18/h1-4,6,9,12,16H,5H2,(H,15,19)(H,17,18)/b14-6-/t9-,12+/m0/s1. The Balaban J connectivity index is 1.84. The van der Waals surface area contributed by atoms with Crippen LogP contribution < -0.4 is 10.7 Å². The number of halogens is 1. The van der Waals surface area contributed by atoms with E-state index in [4.69, 9.17) is 5.11 Å². The summed E-state index contributed by atoms with van der Waals surface area (Å²) in [6, 6.07) is 7.58. The SMILES string of the molecule is O=C(O)C[C@@H]1S[C@@H](N/N=C\c2ccc(Br)cc2)NC1=O. The summed E-state index contributed by atoms with van der Waals surface area (Å²) in [6.07, 6.45) is 1.44. The van der Waals surface area contributed by atoms with Crippen LogP contribution in [0.3, 0.4) is 0 Å². The molecule has 20 heavy (non-hydrogen) atoms. The summed E-state index contributed by atoms with van der Waals surface area (Å²) in [5.74, 6) is -1.27. The highest BCUT2D eigenvalue weighted by Gasteiger charge is 2.33. The third kappa shape index (κ3) is 4.24. The molecule has 0 unspecified atom stereocenters. The number of carboxylic acid groups (broad SMARTS) is 1. The van der Waals surface area contributed by atoms with Gasteiger partial charge in [0.25, 0.3) is 0 Å². The number of carbonyl (C=O) groups excluding carboxylic acids is 1. The molecule has 1 heterocycles. The molecule has 1 aliphatic rings. The number of carbonyl (C=O) groups is 2. The van der Waals surface area contributed by atoms with Crippen LogP contribution in [0.25, 0.3) is 0 Å². The topological polar surface area (TPSA) is 90.8 Å². The van der Waals surface area contributed by atoms with Gasteiger partial charge in [0.05, 0.1) is 17.9 Å². The van der Waals surface area contributed by atoms with Crippen LogP contribution in [0, 0.1) is 0 Å². The molecule has 0 aliphatic carbocycles. The van der Waals surface area contributed by atoms with Crippen molar-refractivity contribution in [1.29, 1.82) is 0 Å². The molecule has 0 radical (unpaired) electrons. The van der Waals surface area contributed by atoms with Crippen molar-refractivity contribution in [2.45, 2.75) is 17.2 Å². The first-order valence-corrected chi connectivity index (χ1v) is 7.50. The van der Waals surface area contributed by atoms with Gasteiger partial charge < -0.3 is 10.4 Å². The van der Waals surface area contributed by atoms with Crippen LogP contribution in [-0.2, 0) is 9.59 Å². The third-order valence-electron chi connectivity index (χ3n) is 2.50. The monoisotopic (exact) mass is 357 g/mol. The maximum Gasteiger partial charge on any atom is 0.305 e. The van der Waals surface area contributed by atoms with Gasteiger partial charge in [0.2, 0.25) is 5.91 Å². The van der Waals surface area contributed by atoms with Gasteiger partial charge in [0.1, 0.15) is 0 Å². The van der Waals surface area contributed by atoms with Gasteiger partial charge in [-0.3, -0.25) is 15.0 Å². The van der Waals surface area contributed by atoms with E-state index in [2.05, 4.69) is 31.8 Å². The van der Waals surface area contributed by atoms with E-state index in [-0.39, 0.29) is 12.3 Å². The number of hydrogen-bond acceptors (Lipinski definition) is 5. The Hall–Kier alpha value is -1.54. The Labute approximate surface area is 128 Å². The second-order valence-corrected chi connectivity index (χ2v) is 6.28. The molecule has 106 valence electrons. The average Bonchev–Trinajstić information content (AvgIpc) is 2.72. The zero-order valence-electron chi connectivity index (χ0n) is 10.2. The number of carboxylic acids is 1. The highest BCUT2D eigenvalue weighted by Crippen LogP contribution is 2.24. The smallest absolute Gasteiger partial charge is 0.305 e. The van der Waals surface area contributed by atoms with Crippen molar-refractivity contribution in [3.8, 4) is 0 Å². The lowest BCUT2D eigenvalue weighted by atomic mass is 10.2. The molecule has 3 N–H and O–H groups in total. The highest BCUT2D eigenvalue weighted by molar-refractivity contribution is 9.10. The van der Waals surface area contributed by atoms with E-state index in [1.165, 1.54) is 11.8 Å². The van der Waals surface area contributed by atoms with Gasteiger partial charge >= 0.3 is 5.97 Å². The fourth-order valence-corrected chi connectivity index (χ4v) is 2.90. The van der Waals surface area contributed by atoms with E-state index in [1.807, 2.05) is 24.3 Å². The summed E-state index contributed by atoms with van der Waals surface area (Å²) in [6.45, 7) is 0. The first-order chi connectivity index (χ1) is 9.54. The maximum atomic E-state index is 11.5. The van der Waals surface area contributed by atoms with Gasteiger partial charge in [0.15, 0.2) is 5.50 Å². The Morgan fingerprint density at radius 3 is 2.85 bits per heavy atom. The summed E-state index contributed by atoms with van der Waals surface area (Å²) >= 11 is 4.55. The number of rotatable bonds is 5. The minimum Gasteiger partial charge on any atom is -0.481 e. The molecule has 0 bridgehead atoms. The third-order valence-corrected chi connectivity index (χ3v) is 4.23. The van der Waals surface area contributed by atoms with Gasteiger partial charge in [-0.2, -0.15) is 5.10 Å². The Morgan fingerprint density at radius 1 is 1.50 bits per heavy atom. The fraction of sp³-hybridized carbons (Fsp3) is 0.250. The predicted molar refractivity (Wildman–Crippen MR) is 80.4 cm³/mol. The van der Waals surface area contributed by atoms with Crippen molar-refractivity contribution in [2.75, 3.05) is 0 Å². The summed E-state index contributed by atoms with van der Waals surface area (Å²) in [5.41, 5.74) is 3.28. The van der Waals surface area contributed by atoms with Crippen LogP contribution in [-0.4, -0.2) is 33.9 Å². The molecule has 1 amide bonds. The number of nitrogens with one attached hydrogen (secondary N) is 2. The van der Waals surface area contributed by atoms with Crippen molar-refractivity contribution < 1.29 is 14.7 Å². The van der Waals surface area contributed by atoms with Crippen molar-refractivity contribution in [1.82, 2.24) is 10.7 Å². The number of aliphatic carboxylic acids is 1. The Kier molecular flexibility index (Phi) is 5.02. The molecular formula is C12H12BrN3O3S. The van der Waals surface area contributed by atoms with Crippen LogP contribution in [0.5, 0.6) is 0 Å². The number of amides is 1. The van der Waals surface area contributed by atoms with Gasteiger partial charge in [0, 0.05) is 4.47 Å². The molecule has 2 rings (SSSR count). The first kappa shape index (κ1) is 14.9. The summed E-state index contributed by atoms with van der Waals surface area (Å²) in [5, 5.41) is 14.8. The lowest BCUT2D eigenvalue weighted by Crippen LogP contribution is -2.35. The van der Waals surface area contributed by atoms with Gasteiger partial charge in [-0.1, -0.05) is 28.1 Å². The minimum absolute atomic E-state index is 0.189. The summed E-state index contributed by atoms with van der Waals surface area (Å²) in [4.78, 5) is 22.1. The van der Waals surface area contributed by atoms with Gasteiger partial charge in [-0.15, -0.1) is 11.8 Å². The molecule has 1 saturated heterocycles. The molecule has 2 atom stereocenters. The van der Waals surface area contributed by atoms with E-state index in [1.54, 1.807) is 6.21 Å². The zero-order valence-corrected chi connectivity index (χ0v) is 12.6. The molecule has 0 saturated carbocycles. The zero-order chi connectivity index (χ0) is 14.5. The molecule has 6 nitrogen and oxygen atoms in total. The van der Waals surface area contributed by atoms with Crippen molar-refractivity contribution in [3.63, 3.8) is 0 Å². The number of thioether (sulfide) groups is 1. The molecule has 8 heteroatoms. The number of nitrogens with zero attached hydrogens (tertiary/aromatic N) is 1. The minimum atomic E-state index is -0.989. The van der Waals surface area contributed by atoms with Crippen LogP contribution in [0.2, 0.25) is 0 Å². The van der Waals surface area contributed by atoms with Crippen molar-refractivity contribution in [2.24, 2.45) is 5.10 Å². The van der Waals surface area contributed by atoms with Crippen molar-refractivity contribution in [3.05, 3.63) is 34.3 Å². The van der Waals surface area contributed by atoms with Crippen LogP contribution in [0.4, 0.5) is 0 Å². The second kappa shape index (κ2) is 6.76. The van der Waals surface area contributed by atoms with Crippen LogP contribution in [0.1, 0.15) is 12.0 Å². The predicted octanol–water partition coefficient (Wildman–Crippen LogP) is 1.36. The number of benzene rings is 1. The Bertz CT molecular complexity index is 535. The molecule has 1 aromatic carbocycles. The lowest BCUT2D eigenvalue weighted by molar-refractivity contribution is -0.138. The largest absolute Gasteiger partial charge is 0.481 e. The van der Waals surface area contributed by atoms with Gasteiger partial charge in [-0.25, -0.2) is 0 Å². The van der Waals surface area contributed by atoms with Gasteiger partial charge in [-0.05, 0) is 17.7 Å². The molecule has 1 aliphatic heterocycles. The van der Waals surface area contributed by atoms with Crippen molar-refractivity contribution >= 4 is 45.8 Å². The molecule has 0 spiro atoms. The molecule has 1 fully saturated rings. The van der Waals surface area contributed by atoms with Crippen LogP contribution >= 0.6 is 27.7 Å². The maximum absolute atomic E-state index is 11.5. The number of hydrogen-bond donors (Lipinski definition) is 3.